The summed E-state index contributed by atoms with van der Waals surface area (Å²) in [5, 5.41) is 7.04. The first-order chi connectivity index (χ1) is 42.8. The van der Waals surface area contributed by atoms with E-state index in [1.807, 2.05) is 0 Å². The van der Waals surface area contributed by atoms with Crippen LogP contribution in [0.3, 0.4) is 0 Å². The molecule has 0 N–H and O–H groups in total. The van der Waals surface area contributed by atoms with Crippen LogP contribution in [0, 0.1) is 46.6 Å². The van der Waals surface area contributed by atoms with Gasteiger partial charge in [0.1, 0.15) is 16.1 Å². The molecule has 0 saturated carbocycles. The summed E-state index contributed by atoms with van der Waals surface area (Å²) in [5.74, 6) is 25.0. The lowest BCUT2D eigenvalue weighted by Crippen LogP contribution is -2.16. The van der Waals surface area contributed by atoms with Crippen LogP contribution < -0.4 is 18.9 Å². The largest absolute Gasteiger partial charge is 0.490 e. The van der Waals surface area contributed by atoms with Gasteiger partial charge in [-0.2, -0.15) is 0 Å². The van der Waals surface area contributed by atoms with Crippen LogP contribution in [0.1, 0.15) is 267 Å². The number of rotatable bonds is 40. The van der Waals surface area contributed by atoms with Crippen LogP contribution >= 0.6 is 0 Å². The fourth-order valence-corrected chi connectivity index (χ4v) is 12.5. The fourth-order valence-electron chi connectivity index (χ4n) is 11.5. The smallest absolute Gasteiger partial charge is 0.162 e. The lowest BCUT2D eigenvalue weighted by atomic mass is 9.90. The van der Waals surface area contributed by atoms with Gasteiger partial charge in [-0.3, -0.25) is 0 Å². The van der Waals surface area contributed by atoms with E-state index in [4.69, 9.17) is 18.9 Å². The number of ether oxygens (including phenoxy) is 4. The van der Waals surface area contributed by atoms with Gasteiger partial charge in [0.2, 0.25) is 0 Å². The summed E-state index contributed by atoms with van der Waals surface area (Å²) in [7, 11) is -3.47. The van der Waals surface area contributed by atoms with E-state index >= 15 is 0 Å². The van der Waals surface area contributed by atoms with Gasteiger partial charge < -0.3 is 18.9 Å². The van der Waals surface area contributed by atoms with Crippen molar-refractivity contribution in [2.45, 2.75) is 272 Å². The molecule has 0 fully saturated rings. The first-order valence-corrected chi connectivity index (χ1v) is 42.5. The molecule has 0 heterocycles. The Balaban J connectivity index is 1.34. The van der Waals surface area contributed by atoms with Crippen molar-refractivity contribution in [3.8, 4) is 69.6 Å². The van der Waals surface area contributed by atoms with E-state index in [1.54, 1.807) is 0 Å². The minimum absolute atomic E-state index is 0.653. The Kier molecular flexibility index (Phi) is 32.5. The molecule has 0 aliphatic rings. The van der Waals surface area contributed by atoms with Crippen LogP contribution in [-0.4, -0.2) is 42.6 Å². The van der Waals surface area contributed by atoms with Gasteiger partial charge in [-0.15, -0.1) is 11.1 Å². The van der Waals surface area contributed by atoms with Crippen molar-refractivity contribution < 1.29 is 18.9 Å². The van der Waals surface area contributed by atoms with Gasteiger partial charge in [0.05, 0.1) is 26.4 Å². The second-order valence-electron chi connectivity index (χ2n) is 27.1. The molecule has 0 unspecified atom stereocenters. The molecule has 6 aromatic carbocycles. The molecule has 0 bridgehead atoms. The second kappa shape index (κ2) is 40.1. The normalized spacial score (nSPS) is 11.4. The zero-order chi connectivity index (χ0) is 62.7. The Morgan fingerprint density at radius 3 is 0.750 bits per heavy atom. The fraction of sp³-hybridized carbons (Fsp3) is 0.561. The Morgan fingerprint density at radius 2 is 0.489 bits per heavy atom. The van der Waals surface area contributed by atoms with E-state index in [0.717, 1.165) is 92.8 Å². The van der Waals surface area contributed by atoms with Crippen molar-refractivity contribution in [1.29, 1.82) is 0 Å². The maximum absolute atomic E-state index is 6.67. The third-order valence-electron chi connectivity index (χ3n) is 16.7. The van der Waals surface area contributed by atoms with E-state index in [2.05, 4.69) is 186 Å². The number of unbranched alkanes of at least 4 members (excludes halogenated alkanes) is 28. The summed E-state index contributed by atoms with van der Waals surface area (Å²) in [6, 6.07) is 26.3. The van der Waals surface area contributed by atoms with Crippen LogP contribution in [0.25, 0.3) is 32.3 Å². The Hall–Kier alpha value is -5.77. The van der Waals surface area contributed by atoms with Gasteiger partial charge >= 0.3 is 0 Å². The van der Waals surface area contributed by atoms with Crippen LogP contribution in [0.4, 0.5) is 0 Å². The van der Waals surface area contributed by atoms with Crippen LogP contribution in [-0.2, 0) is 0 Å². The standard InChI is InChI=1S/C82H114O4Si2/c1-11-15-19-23-27-31-35-39-57-83-77-63-71(73(55-61-87(5,6)7)65-79(77)85-59-41-37-33-29-25-21-17-13-3)51-45-67-43-47-69-49-50-70-48-44-68(76-54-53-75(67)81(69)82(70)76)46-52-72-64-78(84-58-40-36-32-28-24-20-16-12-2)80(66-74(72)56-62-88(8,9)10)86-60-42-38-34-30-26-22-18-14-4/h43-44,47-50,53-54,63-66H,11-42,57-60H2,1-10H3. The minimum atomic E-state index is -1.73. The van der Waals surface area contributed by atoms with E-state index in [-0.39, 0.29) is 0 Å². The summed E-state index contributed by atoms with van der Waals surface area (Å²) in [6.07, 6.45) is 40.2. The van der Waals surface area contributed by atoms with Crippen molar-refractivity contribution >= 4 is 48.5 Å². The summed E-state index contributed by atoms with van der Waals surface area (Å²) in [6.45, 7) is 25.6. The molecule has 0 aromatic heterocycles. The van der Waals surface area contributed by atoms with Gasteiger partial charge in [-0.1, -0.05) is 319 Å². The van der Waals surface area contributed by atoms with E-state index < -0.39 is 16.1 Å². The third kappa shape index (κ3) is 25.6. The van der Waals surface area contributed by atoms with Gasteiger partial charge in [-0.05, 0) is 70.1 Å². The molecule has 474 valence electrons. The van der Waals surface area contributed by atoms with Gasteiger partial charge in [0, 0.05) is 57.6 Å². The predicted molar refractivity (Wildman–Crippen MR) is 388 cm³/mol. The Labute approximate surface area is 538 Å². The van der Waals surface area contributed by atoms with Crippen molar-refractivity contribution in [3.63, 3.8) is 0 Å². The molecule has 0 amide bonds. The maximum atomic E-state index is 6.67. The molecule has 6 rings (SSSR count). The summed E-state index contributed by atoms with van der Waals surface area (Å²) < 4.78 is 26.6. The van der Waals surface area contributed by atoms with Gasteiger partial charge in [0.25, 0.3) is 0 Å². The molecule has 0 aliphatic heterocycles. The zero-order valence-corrected chi connectivity index (χ0v) is 59.0. The molecule has 0 saturated heterocycles. The molecule has 0 radical (unpaired) electrons. The highest BCUT2D eigenvalue weighted by molar-refractivity contribution is 6.84. The lowest BCUT2D eigenvalue weighted by Gasteiger charge is -2.15. The second-order valence-corrected chi connectivity index (χ2v) is 36.6. The quantitative estimate of drug-likeness (QED) is 0.0166. The first kappa shape index (κ1) is 71.3. The molecule has 6 aromatic rings. The topological polar surface area (TPSA) is 36.9 Å². The molecular formula is C82H114O4Si2. The Morgan fingerprint density at radius 1 is 0.261 bits per heavy atom. The summed E-state index contributed by atoms with van der Waals surface area (Å²) in [5.41, 5.74) is 12.8. The van der Waals surface area contributed by atoms with Crippen molar-refractivity contribution in [3.05, 3.63) is 106 Å². The lowest BCUT2D eigenvalue weighted by molar-refractivity contribution is 0.258. The maximum Gasteiger partial charge on any atom is 0.162 e. The summed E-state index contributed by atoms with van der Waals surface area (Å²) >= 11 is 0. The Bertz CT molecular complexity index is 3050. The van der Waals surface area contributed by atoms with Crippen molar-refractivity contribution in [2.24, 2.45) is 0 Å². The molecule has 0 atom stereocenters. The van der Waals surface area contributed by atoms with Crippen LogP contribution in [0.5, 0.6) is 23.0 Å². The monoisotopic (exact) mass is 1220 g/mol. The highest BCUT2D eigenvalue weighted by Gasteiger charge is 2.18. The van der Waals surface area contributed by atoms with Crippen LogP contribution in [0.15, 0.2) is 72.8 Å². The number of hydrogen-bond acceptors (Lipinski definition) is 4. The van der Waals surface area contributed by atoms with E-state index in [0.29, 0.717) is 26.4 Å². The predicted octanol–water partition coefficient (Wildman–Crippen LogP) is 23.9. The molecular weight excluding hydrogens is 1110 g/mol. The molecule has 6 heteroatoms. The average Bonchev–Trinajstić information content (AvgIpc) is 0.782. The highest BCUT2D eigenvalue weighted by atomic mass is 28.3. The van der Waals surface area contributed by atoms with Crippen molar-refractivity contribution in [1.82, 2.24) is 0 Å². The average molecular weight is 1220 g/mol. The highest BCUT2D eigenvalue weighted by Crippen LogP contribution is 2.39. The van der Waals surface area contributed by atoms with Gasteiger partial charge in [-0.25, -0.2) is 0 Å². The number of hydrogen-bond donors (Lipinski definition) is 0. The number of benzene rings is 6. The SMILES string of the molecule is CCCCCCCCCCOc1cc(C#Cc2ccc3ccc4ccc(C#Cc5cc(OCCCCCCCCCC)c(OCCCCCCCCCC)cc5C#C[Si](C)(C)C)c5ccc2c3c45)c(C#C[Si](C)(C)C)cc1OCCCCCCCCCC. The molecule has 0 spiro atoms. The summed E-state index contributed by atoms with van der Waals surface area (Å²) in [4.78, 5) is 0. The van der Waals surface area contributed by atoms with Crippen LogP contribution in [0.2, 0.25) is 39.3 Å². The third-order valence-corrected chi connectivity index (χ3v) is 18.4. The zero-order valence-electron chi connectivity index (χ0n) is 57.0. The van der Waals surface area contributed by atoms with Gasteiger partial charge in [0.15, 0.2) is 23.0 Å². The van der Waals surface area contributed by atoms with E-state index in [9.17, 15) is 0 Å². The first-order valence-electron chi connectivity index (χ1n) is 35.5. The van der Waals surface area contributed by atoms with E-state index in [1.165, 1.54) is 201 Å². The molecule has 4 nitrogen and oxygen atoms in total. The molecule has 0 aliphatic carbocycles. The van der Waals surface area contributed by atoms with Crippen molar-refractivity contribution in [2.75, 3.05) is 26.4 Å². The molecule has 88 heavy (non-hydrogen) atoms. The minimum Gasteiger partial charge on any atom is -0.490 e.